The summed E-state index contributed by atoms with van der Waals surface area (Å²) in [5.41, 5.74) is 0.851. The molecule has 0 bridgehead atoms. The van der Waals surface area contributed by atoms with E-state index in [2.05, 4.69) is 15.3 Å². The zero-order valence-corrected chi connectivity index (χ0v) is 13.1. The van der Waals surface area contributed by atoms with Gasteiger partial charge in [0.05, 0.1) is 23.4 Å². The Morgan fingerprint density at radius 1 is 1.45 bits per heavy atom. The molecular formula is C14H22N4OS. The molecule has 20 heavy (non-hydrogen) atoms. The van der Waals surface area contributed by atoms with Crippen LogP contribution in [0.15, 0.2) is 24.1 Å². The van der Waals surface area contributed by atoms with E-state index in [9.17, 15) is 4.79 Å². The number of rotatable bonds is 6. The van der Waals surface area contributed by atoms with E-state index in [1.807, 2.05) is 36.9 Å². The smallest absolute Gasteiger partial charge is 0.226 e. The minimum absolute atomic E-state index is 0.0333. The predicted octanol–water partition coefficient (Wildman–Crippen LogP) is 2.42. The van der Waals surface area contributed by atoms with Gasteiger partial charge in [0.2, 0.25) is 5.91 Å². The molecule has 0 saturated carbocycles. The van der Waals surface area contributed by atoms with Crippen LogP contribution in [0.4, 0.5) is 0 Å². The van der Waals surface area contributed by atoms with Crippen LogP contribution in [0.1, 0.15) is 31.0 Å². The summed E-state index contributed by atoms with van der Waals surface area (Å²) in [6, 6.07) is 0. The van der Waals surface area contributed by atoms with Crippen molar-refractivity contribution in [3.05, 3.63) is 34.8 Å². The fraction of sp³-hybridized carbons (Fsp3) is 0.500. The summed E-state index contributed by atoms with van der Waals surface area (Å²) in [6.45, 7) is 7.49. The van der Waals surface area contributed by atoms with Gasteiger partial charge in [-0.25, -0.2) is 9.97 Å². The Balaban J connectivity index is 0.000000956. The number of amides is 1. The third kappa shape index (κ3) is 5.97. The van der Waals surface area contributed by atoms with E-state index in [1.54, 1.807) is 23.9 Å². The Morgan fingerprint density at radius 2 is 2.25 bits per heavy atom. The van der Waals surface area contributed by atoms with Crippen molar-refractivity contribution in [1.82, 2.24) is 19.9 Å². The minimum Gasteiger partial charge on any atom is -0.356 e. The number of hydrogen-bond acceptors (Lipinski definition) is 4. The largest absolute Gasteiger partial charge is 0.356 e. The number of thiazole rings is 1. The minimum atomic E-state index is 0.0333. The lowest BCUT2D eigenvalue weighted by molar-refractivity contribution is -0.120. The van der Waals surface area contributed by atoms with Crippen molar-refractivity contribution in [2.45, 2.75) is 40.2 Å². The first-order valence-electron chi connectivity index (χ1n) is 6.87. The molecule has 2 rings (SSSR count). The van der Waals surface area contributed by atoms with Gasteiger partial charge >= 0.3 is 0 Å². The summed E-state index contributed by atoms with van der Waals surface area (Å²) in [6.07, 6.45) is 6.72. The number of nitrogens with one attached hydrogen (secondary N) is 1. The zero-order chi connectivity index (χ0) is 14.8. The third-order valence-electron chi connectivity index (χ3n) is 2.48. The van der Waals surface area contributed by atoms with Gasteiger partial charge in [0.1, 0.15) is 0 Å². The van der Waals surface area contributed by atoms with Crippen molar-refractivity contribution < 1.29 is 4.79 Å². The summed E-state index contributed by atoms with van der Waals surface area (Å²) in [5.74, 6) is 0.0333. The summed E-state index contributed by atoms with van der Waals surface area (Å²) < 4.78 is 2.00. The van der Waals surface area contributed by atoms with E-state index in [-0.39, 0.29) is 5.91 Å². The highest BCUT2D eigenvalue weighted by molar-refractivity contribution is 7.09. The van der Waals surface area contributed by atoms with Crippen LogP contribution in [0.2, 0.25) is 0 Å². The van der Waals surface area contributed by atoms with E-state index < -0.39 is 0 Å². The maximum Gasteiger partial charge on any atom is 0.226 e. The molecule has 5 nitrogen and oxygen atoms in total. The van der Waals surface area contributed by atoms with Gasteiger partial charge in [-0.05, 0) is 13.3 Å². The molecular weight excluding hydrogens is 272 g/mol. The van der Waals surface area contributed by atoms with Crippen molar-refractivity contribution in [3.8, 4) is 0 Å². The first-order chi connectivity index (χ1) is 9.74. The lowest BCUT2D eigenvalue weighted by Crippen LogP contribution is -2.26. The monoisotopic (exact) mass is 294 g/mol. The fourth-order valence-corrected chi connectivity index (χ4v) is 2.24. The van der Waals surface area contributed by atoms with Gasteiger partial charge in [-0.2, -0.15) is 0 Å². The van der Waals surface area contributed by atoms with Crippen molar-refractivity contribution in [3.63, 3.8) is 0 Å². The number of nitrogens with zero attached hydrogens (tertiary/aromatic N) is 3. The van der Waals surface area contributed by atoms with E-state index in [1.165, 1.54) is 0 Å². The Morgan fingerprint density at radius 3 is 2.85 bits per heavy atom. The van der Waals surface area contributed by atoms with E-state index in [0.29, 0.717) is 13.0 Å². The van der Waals surface area contributed by atoms with Crippen LogP contribution in [-0.4, -0.2) is 27.0 Å². The number of carbonyl (C=O) groups excluding carboxylic acids is 1. The van der Waals surface area contributed by atoms with Gasteiger partial charge in [0.25, 0.3) is 0 Å². The average molecular weight is 294 g/mol. The number of carbonyl (C=O) groups is 1. The van der Waals surface area contributed by atoms with Crippen molar-refractivity contribution in [2.75, 3.05) is 6.54 Å². The lowest BCUT2D eigenvalue weighted by Gasteiger charge is -2.04. The van der Waals surface area contributed by atoms with Crippen LogP contribution in [0.3, 0.4) is 0 Å². The standard InChI is InChI=1S/C12H16N4OS.C2H6/c1-10-15-11(8-18-10)7-12(17)14-3-2-5-16-6-4-13-9-16;1-2/h4,6,8-9H,2-3,5,7H2,1H3,(H,14,17);1-2H3. The van der Waals surface area contributed by atoms with Crippen LogP contribution in [0.5, 0.6) is 0 Å². The molecule has 1 amide bonds. The highest BCUT2D eigenvalue weighted by Crippen LogP contribution is 2.08. The van der Waals surface area contributed by atoms with Gasteiger partial charge in [-0.15, -0.1) is 11.3 Å². The van der Waals surface area contributed by atoms with Crippen LogP contribution >= 0.6 is 11.3 Å². The first kappa shape index (κ1) is 16.4. The van der Waals surface area contributed by atoms with Gasteiger partial charge in [0.15, 0.2) is 0 Å². The van der Waals surface area contributed by atoms with Gasteiger partial charge < -0.3 is 9.88 Å². The average Bonchev–Trinajstić information content (AvgIpc) is 3.09. The van der Waals surface area contributed by atoms with Crippen LogP contribution in [0, 0.1) is 6.92 Å². The second kappa shape index (κ2) is 9.25. The predicted molar refractivity (Wildman–Crippen MR) is 81.8 cm³/mol. The summed E-state index contributed by atoms with van der Waals surface area (Å²) in [7, 11) is 0. The molecule has 0 aliphatic heterocycles. The number of aryl methyl sites for hydroxylation is 2. The molecule has 0 aromatic carbocycles. The molecule has 0 radical (unpaired) electrons. The van der Waals surface area contributed by atoms with Gasteiger partial charge in [-0.3, -0.25) is 4.79 Å². The van der Waals surface area contributed by atoms with E-state index >= 15 is 0 Å². The first-order valence-corrected chi connectivity index (χ1v) is 7.75. The second-order valence-electron chi connectivity index (χ2n) is 4.04. The van der Waals surface area contributed by atoms with Crippen molar-refractivity contribution >= 4 is 17.2 Å². The highest BCUT2D eigenvalue weighted by atomic mass is 32.1. The van der Waals surface area contributed by atoms with Crippen LogP contribution < -0.4 is 5.32 Å². The quantitative estimate of drug-likeness (QED) is 0.832. The Bertz CT molecular complexity index is 493. The van der Waals surface area contributed by atoms with Crippen molar-refractivity contribution in [1.29, 1.82) is 0 Å². The molecule has 0 aliphatic rings. The van der Waals surface area contributed by atoms with Gasteiger partial charge in [0, 0.05) is 30.9 Å². The normalized spacial score (nSPS) is 9.75. The van der Waals surface area contributed by atoms with Crippen molar-refractivity contribution in [2.24, 2.45) is 0 Å². The van der Waals surface area contributed by atoms with Crippen LogP contribution in [-0.2, 0) is 17.8 Å². The van der Waals surface area contributed by atoms with Crippen LogP contribution in [0.25, 0.3) is 0 Å². The fourth-order valence-electron chi connectivity index (χ4n) is 1.62. The Hall–Kier alpha value is -1.69. The molecule has 0 aliphatic carbocycles. The molecule has 2 aromatic heterocycles. The van der Waals surface area contributed by atoms with Gasteiger partial charge in [-0.1, -0.05) is 13.8 Å². The summed E-state index contributed by atoms with van der Waals surface area (Å²) in [5, 5.41) is 5.82. The zero-order valence-electron chi connectivity index (χ0n) is 12.3. The molecule has 0 spiro atoms. The number of hydrogen-bond donors (Lipinski definition) is 1. The molecule has 2 heterocycles. The molecule has 0 unspecified atom stereocenters. The second-order valence-corrected chi connectivity index (χ2v) is 5.10. The number of aromatic nitrogens is 3. The summed E-state index contributed by atoms with van der Waals surface area (Å²) >= 11 is 1.57. The molecule has 0 atom stereocenters. The molecule has 0 fully saturated rings. The molecule has 110 valence electrons. The molecule has 2 aromatic rings. The molecule has 6 heteroatoms. The highest BCUT2D eigenvalue weighted by Gasteiger charge is 2.05. The maximum absolute atomic E-state index is 11.6. The SMILES string of the molecule is CC.Cc1nc(CC(=O)NCCCn2ccnc2)cs1. The molecule has 1 N–H and O–H groups in total. The maximum atomic E-state index is 11.6. The number of imidazole rings is 1. The van der Waals surface area contributed by atoms with E-state index in [0.717, 1.165) is 23.7 Å². The van der Waals surface area contributed by atoms with E-state index in [4.69, 9.17) is 0 Å². The Labute approximate surface area is 124 Å². The summed E-state index contributed by atoms with van der Waals surface area (Å²) in [4.78, 5) is 19.8. The molecule has 0 saturated heterocycles. The Kier molecular flexibility index (Phi) is 7.57. The third-order valence-corrected chi connectivity index (χ3v) is 3.31. The topological polar surface area (TPSA) is 59.8 Å². The lowest BCUT2D eigenvalue weighted by atomic mass is 10.3.